The first-order valence-electron chi connectivity index (χ1n) is 8.46. The third-order valence-corrected chi connectivity index (χ3v) is 6.92. The van der Waals surface area contributed by atoms with E-state index in [2.05, 4.69) is 31.0 Å². The molecule has 3 aromatic carbocycles. The Labute approximate surface area is 179 Å². The van der Waals surface area contributed by atoms with Crippen molar-refractivity contribution in [3.8, 4) is 0 Å². The zero-order valence-corrected chi connectivity index (χ0v) is 18.0. The van der Waals surface area contributed by atoms with Gasteiger partial charge in [-0.15, -0.1) is 0 Å². The van der Waals surface area contributed by atoms with Gasteiger partial charge in [-0.25, -0.2) is 13.4 Å². The molecule has 0 saturated carbocycles. The number of halogens is 1. The Kier molecular flexibility index (Phi) is 5.35. The summed E-state index contributed by atoms with van der Waals surface area (Å²) in [4.78, 5) is 16.9. The SMILES string of the molecule is O=C(Nc1ccc2nc(NS(=O)(=O)c3ccccc3)sc2c1)c1cccc(Br)c1. The molecular formula is C20H14BrN3O3S2. The van der Waals surface area contributed by atoms with Crippen molar-refractivity contribution in [1.29, 1.82) is 0 Å². The molecule has 29 heavy (non-hydrogen) atoms. The molecule has 0 atom stereocenters. The summed E-state index contributed by atoms with van der Waals surface area (Å²) < 4.78 is 29.0. The van der Waals surface area contributed by atoms with Gasteiger partial charge in [0.15, 0.2) is 5.13 Å². The molecule has 146 valence electrons. The number of anilines is 2. The summed E-state index contributed by atoms with van der Waals surface area (Å²) in [6.45, 7) is 0. The van der Waals surface area contributed by atoms with Crippen LogP contribution in [0.5, 0.6) is 0 Å². The number of thiazole rings is 1. The Bertz CT molecular complexity index is 1310. The molecule has 9 heteroatoms. The van der Waals surface area contributed by atoms with E-state index in [-0.39, 0.29) is 15.9 Å². The van der Waals surface area contributed by atoms with E-state index in [1.165, 1.54) is 23.5 Å². The van der Waals surface area contributed by atoms with Crippen LogP contribution in [0.3, 0.4) is 0 Å². The van der Waals surface area contributed by atoms with E-state index in [9.17, 15) is 13.2 Å². The summed E-state index contributed by atoms with van der Waals surface area (Å²) in [6, 6.07) is 20.4. The summed E-state index contributed by atoms with van der Waals surface area (Å²) in [6.07, 6.45) is 0. The van der Waals surface area contributed by atoms with Crippen LogP contribution >= 0.6 is 27.3 Å². The first kappa shape index (κ1) is 19.6. The van der Waals surface area contributed by atoms with Crippen molar-refractivity contribution >= 4 is 64.2 Å². The number of rotatable bonds is 5. The lowest BCUT2D eigenvalue weighted by molar-refractivity contribution is 0.102. The van der Waals surface area contributed by atoms with E-state index >= 15 is 0 Å². The van der Waals surface area contributed by atoms with Crippen LogP contribution in [0.1, 0.15) is 10.4 Å². The molecule has 0 unspecified atom stereocenters. The number of amides is 1. The smallest absolute Gasteiger partial charge is 0.263 e. The molecule has 0 saturated heterocycles. The summed E-state index contributed by atoms with van der Waals surface area (Å²) in [5.41, 5.74) is 1.77. The molecule has 0 aliphatic rings. The Morgan fingerprint density at radius 3 is 2.52 bits per heavy atom. The van der Waals surface area contributed by atoms with Crippen LogP contribution in [0, 0.1) is 0 Å². The third kappa shape index (κ3) is 4.47. The van der Waals surface area contributed by atoms with E-state index in [1.807, 2.05) is 6.07 Å². The standard InChI is InChI=1S/C20H14BrN3O3S2/c21-14-6-4-5-13(11-14)19(25)22-15-9-10-17-18(12-15)28-20(23-17)24-29(26,27)16-7-2-1-3-8-16/h1-12H,(H,22,25)(H,23,24). The number of benzene rings is 3. The van der Waals surface area contributed by atoms with E-state index < -0.39 is 10.0 Å². The average Bonchev–Trinajstić information content (AvgIpc) is 3.09. The topological polar surface area (TPSA) is 88.2 Å². The Balaban J connectivity index is 1.56. The highest BCUT2D eigenvalue weighted by Gasteiger charge is 2.16. The van der Waals surface area contributed by atoms with Crippen LogP contribution in [0.2, 0.25) is 0 Å². The number of sulfonamides is 1. The van der Waals surface area contributed by atoms with Gasteiger partial charge in [0.25, 0.3) is 15.9 Å². The minimum atomic E-state index is -3.71. The first-order chi connectivity index (χ1) is 13.9. The number of aromatic nitrogens is 1. The third-order valence-electron chi connectivity index (χ3n) is 4.01. The lowest BCUT2D eigenvalue weighted by atomic mass is 10.2. The normalized spacial score (nSPS) is 11.3. The van der Waals surface area contributed by atoms with Gasteiger partial charge >= 0.3 is 0 Å². The summed E-state index contributed by atoms with van der Waals surface area (Å²) in [5, 5.41) is 3.10. The van der Waals surface area contributed by atoms with Crippen molar-refractivity contribution in [3.05, 3.63) is 82.8 Å². The Morgan fingerprint density at radius 2 is 1.76 bits per heavy atom. The van der Waals surface area contributed by atoms with Crippen molar-refractivity contribution in [3.63, 3.8) is 0 Å². The fourth-order valence-electron chi connectivity index (χ4n) is 2.65. The molecule has 0 bridgehead atoms. The lowest BCUT2D eigenvalue weighted by Crippen LogP contribution is -2.12. The van der Waals surface area contributed by atoms with Crippen LogP contribution in [-0.2, 0) is 10.0 Å². The van der Waals surface area contributed by atoms with Crippen molar-refractivity contribution in [1.82, 2.24) is 4.98 Å². The summed E-state index contributed by atoms with van der Waals surface area (Å²) in [5.74, 6) is -0.236. The molecule has 2 N–H and O–H groups in total. The predicted octanol–water partition coefficient (Wildman–Crippen LogP) is 5.11. The lowest BCUT2D eigenvalue weighted by Gasteiger charge is -2.05. The first-order valence-corrected chi connectivity index (χ1v) is 11.6. The molecule has 4 aromatic rings. The summed E-state index contributed by atoms with van der Waals surface area (Å²) in [7, 11) is -3.71. The number of carbonyl (C=O) groups excluding carboxylic acids is 1. The van der Waals surface area contributed by atoms with Gasteiger partial charge in [0, 0.05) is 15.7 Å². The maximum Gasteiger partial charge on any atom is 0.263 e. The maximum absolute atomic E-state index is 12.5. The van der Waals surface area contributed by atoms with E-state index in [0.29, 0.717) is 16.8 Å². The molecule has 0 fully saturated rings. The van der Waals surface area contributed by atoms with Crippen LogP contribution < -0.4 is 10.0 Å². The molecule has 1 heterocycles. The van der Waals surface area contributed by atoms with Gasteiger partial charge in [-0.3, -0.25) is 9.52 Å². The fourth-order valence-corrected chi connectivity index (χ4v) is 5.21. The van der Waals surface area contributed by atoms with Gasteiger partial charge in [0.1, 0.15) is 0 Å². The van der Waals surface area contributed by atoms with Crippen LogP contribution in [0.15, 0.2) is 82.2 Å². The fraction of sp³-hybridized carbons (Fsp3) is 0. The molecule has 1 amide bonds. The van der Waals surface area contributed by atoms with Crippen molar-refractivity contribution in [2.75, 3.05) is 10.0 Å². The Hall–Kier alpha value is -2.75. The van der Waals surface area contributed by atoms with Gasteiger partial charge in [0.05, 0.1) is 15.1 Å². The van der Waals surface area contributed by atoms with Crippen LogP contribution in [0.25, 0.3) is 10.2 Å². The molecule has 4 rings (SSSR count). The highest BCUT2D eigenvalue weighted by molar-refractivity contribution is 9.10. The van der Waals surface area contributed by atoms with Gasteiger partial charge < -0.3 is 5.32 Å². The quantitative estimate of drug-likeness (QED) is 0.409. The van der Waals surface area contributed by atoms with Crippen molar-refractivity contribution in [2.45, 2.75) is 4.90 Å². The second kappa shape index (κ2) is 7.94. The maximum atomic E-state index is 12.5. The average molecular weight is 488 g/mol. The second-order valence-electron chi connectivity index (χ2n) is 6.08. The number of fused-ring (bicyclic) bond motifs is 1. The van der Waals surface area contributed by atoms with Gasteiger partial charge in [0.2, 0.25) is 0 Å². The summed E-state index contributed by atoms with van der Waals surface area (Å²) >= 11 is 4.55. The molecular weight excluding hydrogens is 474 g/mol. The zero-order chi connectivity index (χ0) is 20.4. The minimum Gasteiger partial charge on any atom is -0.322 e. The Morgan fingerprint density at radius 1 is 0.966 bits per heavy atom. The molecule has 0 radical (unpaired) electrons. The monoisotopic (exact) mass is 487 g/mol. The van der Waals surface area contributed by atoms with Crippen molar-refractivity contribution in [2.24, 2.45) is 0 Å². The molecule has 6 nitrogen and oxygen atoms in total. The highest BCUT2D eigenvalue weighted by atomic mass is 79.9. The van der Waals surface area contributed by atoms with E-state index in [1.54, 1.807) is 54.6 Å². The van der Waals surface area contributed by atoms with Gasteiger partial charge in [-0.05, 0) is 48.5 Å². The number of hydrogen-bond acceptors (Lipinski definition) is 5. The van der Waals surface area contributed by atoms with E-state index in [4.69, 9.17) is 0 Å². The molecule has 1 aromatic heterocycles. The molecule has 0 aliphatic carbocycles. The zero-order valence-electron chi connectivity index (χ0n) is 14.8. The molecule has 0 aliphatic heterocycles. The number of nitrogens with one attached hydrogen (secondary N) is 2. The number of carbonyl (C=O) groups is 1. The second-order valence-corrected chi connectivity index (χ2v) is 9.71. The van der Waals surface area contributed by atoms with E-state index in [0.717, 1.165) is 9.17 Å². The largest absolute Gasteiger partial charge is 0.322 e. The van der Waals surface area contributed by atoms with Crippen LogP contribution in [0.4, 0.5) is 10.8 Å². The van der Waals surface area contributed by atoms with Crippen LogP contribution in [-0.4, -0.2) is 19.3 Å². The highest BCUT2D eigenvalue weighted by Crippen LogP contribution is 2.30. The minimum absolute atomic E-state index is 0.168. The number of hydrogen-bond donors (Lipinski definition) is 2. The predicted molar refractivity (Wildman–Crippen MR) is 119 cm³/mol. The van der Waals surface area contributed by atoms with Gasteiger partial charge in [-0.1, -0.05) is 51.5 Å². The van der Waals surface area contributed by atoms with Crippen molar-refractivity contribution < 1.29 is 13.2 Å². The molecule has 0 spiro atoms. The number of nitrogens with zero attached hydrogens (tertiary/aromatic N) is 1. The van der Waals surface area contributed by atoms with Gasteiger partial charge in [-0.2, -0.15) is 0 Å².